The molecule has 0 atom stereocenters. The van der Waals surface area contributed by atoms with Crippen LogP contribution in [0.5, 0.6) is 11.5 Å². The third kappa shape index (κ3) is 6.32. The van der Waals surface area contributed by atoms with Gasteiger partial charge < -0.3 is 19.7 Å². The number of nitrogens with one attached hydrogen (secondary N) is 1. The van der Waals surface area contributed by atoms with Gasteiger partial charge in [0.2, 0.25) is 0 Å². The molecule has 0 saturated heterocycles. The second kappa shape index (κ2) is 12.0. The number of benzene rings is 3. The quantitative estimate of drug-likeness (QED) is 0.208. The lowest BCUT2D eigenvalue weighted by atomic mass is 10.0. The first-order chi connectivity index (χ1) is 18.9. The number of hydrogen-bond acceptors (Lipinski definition) is 4. The van der Waals surface area contributed by atoms with E-state index in [1.165, 1.54) is 13.2 Å². The van der Waals surface area contributed by atoms with Crippen LogP contribution in [0.2, 0.25) is 15.1 Å². The van der Waals surface area contributed by atoms with E-state index in [1.807, 2.05) is 0 Å². The summed E-state index contributed by atoms with van der Waals surface area (Å²) in [7, 11) is 1.41. The Kier molecular flexibility index (Phi) is 8.87. The monoisotopic (exact) mass is 612 g/mol. The standard InChI is InChI=1S/C28H22Cl3F3N2O4/c1-40-23-9-6-18(29)12-16(23)14-36-22-8-5-17(28(32,33)34)13-19(22)24(25(37)27(36)39)26(38)35-10-2-3-15-4-7-20(30)21(31)11-15/h4-9,11-13,37H,2-3,10,14H2,1H3,(H,35,38). The van der Waals surface area contributed by atoms with E-state index in [2.05, 4.69) is 5.32 Å². The van der Waals surface area contributed by atoms with E-state index in [9.17, 15) is 27.9 Å². The molecule has 6 nitrogen and oxygen atoms in total. The van der Waals surface area contributed by atoms with Gasteiger partial charge in [0.1, 0.15) is 5.75 Å². The summed E-state index contributed by atoms with van der Waals surface area (Å²) in [6, 6.07) is 12.5. The molecule has 3 aromatic carbocycles. The highest BCUT2D eigenvalue weighted by Crippen LogP contribution is 2.34. The number of rotatable bonds is 8. The molecule has 4 aromatic rings. The van der Waals surface area contributed by atoms with Crippen molar-refractivity contribution in [3.05, 3.63) is 102 Å². The fourth-order valence-corrected chi connectivity index (χ4v) is 4.84. The van der Waals surface area contributed by atoms with Gasteiger partial charge in [0.15, 0.2) is 5.75 Å². The molecule has 0 aliphatic rings. The molecule has 0 aliphatic carbocycles. The maximum atomic E-state index is 13.6. The van der Waals surface area contributed by atoms with Gasteiger partial charge in [-0.25, -0.2) is 0 Å². The summed E-state index contributed by atoms with van der Waals surface area (Å²) < 4.78 is 47.2. The number of hydrogen-bond donors (Lipinski definition) is 2. The van der Waals surface area contributed by atoms with Crippen LogP contribution in [0.15, 0.2) is 59.4 Å². The fraction of sp³-hybridized carbons (Fsp3) is 0.214. The van der Waals surface area contributed by atoms with Gasteiger partial charge in [-0.05, 0) is 66.9 Å². The van der Waals surface area contributed by atoms with Gasteiger partial charge in [-0.3, -0.25) is 9.59 Å². The summed E-state index contributed by atoms with van der Waals surface area (Å²) in [5.74, 6) is -1.49. The van der Waals surface area contributed by atoms with E-state index in [0.717, 1.165) is 28.3 Å². The smallest absolute Gasteiger partial charge is 0.416 e. The van der Waals surface area contributed by atoms with Crippen LogP contribution in [0, 0.1) is 0 Å². The zero-order valence-corrected chi connectivity index (χ0v) is 23.2. The van der Waals surface area contributed by atoms with Crippen molar-refractivity contribution in [3.63, 3.8) is 0 Å². The van der Waals surface area contributed by atoms with Gasteiger partial charge in [0.25, 0.3) is 11.5 Å². The number of ether oxygens (including phenoxy) is 1. The average Bonchev–Trinajstić information content (AvgIpc) is 2.90. The Labute approximate surface area is 241 Å². The number of amides is 1. The maximum absolute atomic E-state index is 13.6. The summed E-state index contributed by atoms with van der Waals surface area (Å²) in [6.07, 6.45) is -3.76. The van der Waals surface area contributed by atoms with Gasteiger partial charge in [0, 0.05) is 22.5 Å². The Morgan fingerprint density at radius 2 is 1.77 bits per heavy atom. The van der Waals surface area contributed by atoms with Crippen LogP contribution in [-0.4, -0.2) is 29.2 Å². The predicted octanol–water partition coefficient (Wildman–Crippen LogP) is 7.11. The van der Waals surface area contributed by atoms with E-state index in [1.54, 1.807) is 30.3 Å². The molecule has 4 rings (SSSR count). The highest BCUT2D eigenvalue weighted by atomic mass is 35.5. The molecular formula is C28H22Cl3F3N2O4. The molecule has 0 radical (unpaired) electrons. The Balaban J connectivity index is 1.71. The molecule has 0 spiro atoms. The van der Waals surface area contributed by atoms with Crippen LogP contribution in [0.4, 0.5) is 13.2 Å². The van der Waals surface area contributed by atoms with E-state index in [4.69, 9.17) is 39.5 Å². The Hall–Kier alpha value is -3.40. The lowest BCUT2D eigenvalue weighted by molar-refractivity contribution is -0.137. The van der Waals surface area contributed by atoms with Crippen LogP contribution < -0.4 is 15.6 Å². The van der Waals surface area contributed by atoms with Gasteiger partial charge in [-0.1, -0.05) is 40.9 Å². The van der Waals surface area contributed by atoms with Crippen LogP contribution >= 0.6 is 34.8 Å². The van der Waals surface area contributed by atoms with Crippen molar-refractivity contribution in [2.24, 2.45) is 0 Å². The van der Waals surface area contributed by atoms with Gasteiger partial charge in [-0.15, -0.1) is 0 Å². The zero-order valence-electron chi connectivity index (χ0n) is 20.9. The van der Waals surface area contributed by atoms with E-state index < -0.39 is 34.5 Å². The van der Waals surface area contributed by atoms with Crippen LogP contribution in [0.1, 0.15) is 33.5 Å². The van der Waals surface area contributed by atoms with Gasteiger partial charge in [0.05, 0.1) is 40.3 Å². The minimum absolute atomic E-state index is 0.0128. The van der Waals surface area contributed by atoms with Crippen molar-refractivity contribution in [1.29, 1.82) is 0 Å². The Morgan fingerprint density at radius 1 is 1.02 bits per heavy atom. The largest absolute Gasteiger partial charge is 0.502 e. The highest BCUT2D eigenvalue weighted by Gasteiger charge is 2.32. The number of aromatic nitrogens is 1. The van der Waals surface area contributed by atoms with E-state index >= 15 is 0 Å². The molecule has 0 aliphatic heterocycles. The molecule has 0 saturated carbocycles. The summed E-state index contributed by atoms with van der Waals surface area (Å²) >= 11 is 18.0. The number of aryl methyl sites for hydroxylation is 1. The van der Waals surface area contributed by atoms with E-state index in [0.29, 0.717) is 39.2 Å². The summed E-state index contributed by atoms with van der Waals surface area (Å²) in [5, 5.41) is 14.3. The molecule has 0 unspecified atom stereocenters. The molecule has 12 heteroatoms. The minimum Gasteiger partial charge on any atom is -0.502 e. The van der Waals surface area contributed by atoms with Gasteiger partial charge >= 0.3 is 6.18 Å². The lowest BCUT2D eigenvalue weighted by Crippen LogP contribution is -2.29. The molecule has 2 N–H and O–H groups in total. The number of carbonyl (C=O) groups excluding carboxylic acids is 1. The second-order valence-electron chi connectivity index (χ2n) is 8.91. The number of methoxy groups -OCH3 is 1. The number of halogens is 6. The first-order valence-corrected chi connectivity index (χ1v) is 13.1. The molecular weight excluding hydrogens is 592 g/mol. The molecule has 0 bridgehead atoms. The van der Waals surface area contributed by atoms with Crippen molar-refractivity contribution in [3.8, 4) is 11.5 Å². The molecule has 210 valence electrons. The number of carbonyl (C=O) groups is 1. The first kappa shape index (κ1) is 29.6. The highest BCUT2D eigenvalue weighted by molar-refractivity contribution is 6.42. The van der Waals surface area contributed by atoms with Crippen LogP contribution in [0.25, 0.3) is 10.9 Å². The van der Waals surface area contributed by atoms with Crippen molar-refractivity contribution in [2.45, 2.75) is 25.6 Å². The van der Waals surface area contributed by atoms with Crippen molar-refractivity contribution in [2.75, 3.05) is 13.7 Å². The molecule has 0 fully saturated rings. The van der Waals surface area contributed by atoms with Crippen molar-refractivity contribution in [1.82, 2.24) is 9.88 Å². The molecule has 1 aromatic heterocycles. The number of aromatic hydroxyl groups is 1. The number of pyridine rings is 1. The third-order valence-corrected chi connectivity index (χ3v) is 7.25. The number of fused-ring (bicyclic) bond motifs is 1. The zero-order chi connectivity index (χ0) is 29.2. The summed E-state index contributed by atoms with van der Waals surface area (Å²) in [6.45, 7) is -0.0781. The van der Waals surface area contributed by atoms with E-state index in [-0.39, 0.29) is 24.0 Å². The number of alkyl halides is 3. The topological polar surface area (TPSA) is 80.6 Å². The summed E-state index contributed by atoms with van der Waals surface area (Å²) in [4.78, 5) is 26.4. The first-order valence-electron chi connectivity index (χ1n) is 11.9. The normalized spacial score (nSPS) is 11.6. The fourth-order valence-electron chi connectivity index (χ4n) is 4.33. The Morgan fingerprint density at radius 3 is 2.45 bits per heavy atom. The third-order valence-electron chi connectivity index (χ3n) is 6.28. The van der Waals surface area contributed by atoms with Gasteiger partial charge in [-0.2, -0.15) is 13.2 Å². The van der Waals surface area contributed by atoms with Crippen molar-refractivity contribution >= 4 is 51.6 Å². The maximum Gasteiger partial charge on any atom is 0.416 e. The van der Waals surface area contributed by atoms with Crippen molar-refractivity contribution < 1.29 is 27.8 Å². The summed E-state index contributed by atoms with van der Waals surface area (Å²) in [5.41, 5.74) is -1.23. The molecule has 40 heavy (non-hydrogen) atoms. The predicted molar refractivity (Wildman–Crippen MR) is 149 cm³/mol. The SMILES string of the molecule is COc1ccc(Cl)cc1Cn1c(=O)c(O)c(C(=O)NCCCc2ccc(Cl)c(Cl)c2)c2cc(C(F)(F)F)ccc21. The Bertz CT molecular complexity index is 1660. The van der Waals surface area contributed by atoms with Crippen LogP contribution in [0.3, 0.4) is 0 Å². The average molecular weight is 614 g/mol. The molecule has 1 heterocycles. The van der Waals surface area contributed by atoms with Crippen LogP contribution in [-0.2, 0) is 19.1 Å². The minimum atomic E-state index is -4.73. The molecule has 1 amide bonds. The number of nitrogens with zero attached hydrogens (tertiary/aromatic N) is 1. The lowest BCUT2D eigenvalue weighted by Gasteiger charge is -2.18. The second-order valence-corrected chi connectivity index (χ2v) is 10.2.